The molecule has 6 nitrogen and oxygen atoms in total. The molecule has 0 radical (unpaired) electrons. The van der Waals surface area contributed by atoms with Crippen LogP contribution in [0.1, 0.15) is 46.6 Å². The van der Waals surface area contributed by atoms with Gasteiger partial charge < -0.3 is 5.11 Å². The van der Waals surface area contributed by atoms with E-state index in [0.29, 0.717) is 9.88 Å². The lowest BCUT2D eigenvalue weighted by atomic mass is 9.72. The molecule has 0 atom stereocenters. The molecule has 0 saturated heterocycles. The highest BCUT2D eigenvalue weighted by Crippen LogP contribution is 2.41. The zero-order valence-corrected chi connectivity index (χ0v) is 13.1. The summed E-state index contributed by atoms with van der Waals surface area (Å²) in [6.07, 6.45) is 2.96. The van der Waals surface area contributed by atoms with E-state index in [9.17, 15) is 13.2 Å². The van der Waals surface area contributed by atoms with E-state index in [1.807, 2.05) is 6.92 Å². The summed E-state index contributed by atoms with van der Waals surface area (Å²) in [6.45, 7) is 3.69. The number of nitrogens with one attached hydrogen (secondary N) is 1. The van der Waals surface area contributed by atoms with Gasteiger partial charge in [0.25, 0.3) is 0 Å². The molecular formula is C12H18N2O4S2. The molecule has 0 spiro atoms. The zero-order valence-electron chi connectivity index (χ0n) is 11.5. The quantitative estimate of drug-likeness (QED) is 0.833. The molecule has 8 heteroatoms. The zero-order chi connectivity index (χ0) is 15.0. The number of thiazole rings is 1. The molecule has 0 bridgehead atoms. The van der Waals surface area contributed by atoms with Crippen LogP contribution >= 0.6 is 11.3 Å². The number of carboxylic acid groups (broad SMARTS) is 1. The van der Waals surface area contributed by atoms with E-state index in [2.05, 4.69) is 9.71 Å². The first-order chi connectivity index (χ1) is 9.21. The molecule has 0 unspecified atom stereocenters. The van der Waals surface area contributed by atoms with E-state index in [-0.39, 0.29) is 23.4 Å². The van der Waals surface area contributed by atoms with Crippen LogP contribution in [0.3, 0.4) is 0 Å². The van der Waals surface area contributed by atoms with Gasteiger partial charge in [-0.1, -0.05) is 13.3 Å². The largest absolute Gasteiger partial charge is 0.476 e. The molecule has 2 rings (SSSR count). The van der Waals surface area contributed by atoms with Gasteiger partial charge in [0.05, 0.1) is 12.3 Å². The highest BCUT2D eigenvalue weighted by molar-refractivity contribution is 7.89. The first kappa shape index (κ1) is 15.4. The molecule has 1 heterocycles. The highest BCUT2D eigenvalue weighted by Gasteiger charge is 2.36. The summed E-state index contributed by atoms with van der Waals surface area (Å²) in [5.74, 6) is -0.967. The normalized spacial score (nSPS) is 17.7. The van der Waals surface area contributed by atoms with Crippen LogP contribution in [-0.2, 0) is 16.6 Å². The molecule has 0 aromatic carbocycles. The number of rotatable bonds is 6. The number of carboxylic acids is 1. The maximum Gasteiger partial charge on any atom is 0.355 e. The third-order valence-electron chi connectivity index (χ3n) is 3.59. The van der Waals surface area contributed by atoms with E-state index in [1.54, 1.807) is 6.92 Å². The first-order valence-corrected chi connectivity index (χ1v) is 8.85. The topological polar surface area (TPSA) is 96.4 Å². The van der Waals surface area contributed by atoms with Gasteiger partial charge >= 0.3 is 5.97 Å². The minimum atomic E-state index is -3.35. The Kier molecular flexibility index (Phi) is 4.17. The van der Waals surface area contributed by atoms with Crippen molar-refractivity contribution in [3.8, 4) is 0 Å². The third kappa shape index (κ3) is 3.56. The average Bonchev–Trinajstić information content (AvgIpc) is 2.66. The molecule has 20 heavy (non-hydrogen) atoms. The maximum absolute atomic E-state index is 12.0. The minimum Gasteiger partial charge on any atom is -0.476 e. The van der Waals surface area contributed by atoms with E-state index in [4.69, 9.17) is 5.11 Å². The predicted molar refractivity (Wildman–Crippen MR) is 76.4 cm³/mol. The molecule has 1 saturated carbocycles. The van der Waals surface area contributed by atoms with Crippen molar-refractivity contribution in [2.45, 2.75) is 39.7 Å². The molecule has 1 aliphatic carbocycles. The van der Waals surface area contributed by atoms with Crippen molar-refractivity contribution in [1.82, 2.24) is 9.71 Å². The van der Waals surface area contributed by atoms with Gasteiger partial charge in [-0.25, -0.2) is 22.9 Å². The van der Waals surface area contributed by atoms with Gasteiger partial charge in [-0.2, -0.15) is 0 Å². The average molecular weight is 318 g/mol. The Bertz CT molecular complexity index is 617. The molecular weight excluding hydrogens is 300 g/mol. The second kappa shape index (κ2) is 5.42. The van der Waals surface area contributed by atoms with Crippen molar-refractivity contribution in [2.24, 2.45) is 5.41 Å². The monoisotopic (exact) mass is 318 g/mol. The van der Waals surface area contributed by atoms with Crippen molar-refractivity contribution in [3.05, 3.63) is 15.6 Å². The minimum absolute atomic E-state index is 0.00449. The Labute approximate surface area is 122 Å². The second-order valence-corrected chi connectivity index (χ2v) is 8.66. The van der Waals surface area contributed by atoms with Crippen LogP contribution in [0.2, 0.25) is 0 Å². The van der Waals surface area contributed by atoms with E-state index < -0.39 is 16.0 Å². The van der Waals surface area contributed by atoms with Gasteiger partial charge in [-0.15, -0.1) is 11.3 Å². The number of nitrogens with zero attached hydrogens (tertiary/aromatic N) is 1. The molecule has 112 valence electrons. The first-order valence-electron chi connectivity index (χ1n) is 6.38. The van der Waals surface area contributed by atoms with Gasteiger partial charge in [0.15, 0.2) is 5.69 Å². The van der Waals surface area contributed by atoms with Gasteiger partial charge in [-0.3, -0.25) is 0 Å². The molecule has 2 N–H and O–H groups in total. The lowest BCUT2D eigenvalue weighted by Gasteiger charge is -2.37. The summed E-state index contributed by atoms with van der Waals surface area (Å²) < 4.78 is 26.5. The third-order valence-corrected chi connectivity index (χ3v) is 6.22. The Hall–Kier alpha value is -0.990. The number of aromatic nitrogens is 1. The van der Waals surface area contributed by atoms with Gasteiger partial charge in [0, 0.05) is 4.88 Å². The van der Waals surface area contributed by atoms with Crippen LogP contribution in [0, 0.1) is 12.3 Å². The summed E-state index contributed by atoms with van der Waals surface area (Å²) in [6, 6.07) is 0. The van der Waals surface area contributed by atoms with Crippen molar-refractivity contribution in [1.29, 1.82) is 0 Å². The van der Waals surface area contributed by atoms with Crippen LogP contribution in [-0.4, -0.2) is 30.2 Å². The lowest BCUT2D eigenvalue weighted by molar-refractivity contribution is 0.0690. The van der Waals surface area contributed by atoms with Crippen LogP contribution in [0.25, 0.3) is 0 Å². The molecule has 1 aromatic heterocycles. The fraction of sp³-hybridized carbons (Fsp3) is 0.667. The van der Waals surface area contributed by atoms with E-state index in [1.165, 1.54) is 11.3 Å². The van der Waals surface area contributed by atoms with Gasteiger partial charge in [-0.05, 0) is 25.2 Å². The number of carbonyl (C=O) groups is 1. The Morgan fingerprint density at radius 2 is 2.15 bits per heavy atom. The van der Waals surface area contributed by atoms with Crippen molar-refractivity contribution in [2.75, 3.05) is 5.75 Å². The molecule has 0 aliphatic heterocycles. The van der Waals surface area contributed by atoms with Crippen LogP contribution in [0.5, 0.6) is 0 Å². The molecule has 1 fully saturated rings. The van der Waals surface area contributed by atoms with E-state index in [0.717, 1.165) is 19.3 Å². The van der Waals surface area contributed by atoms with Gasteiger partial charge in [0.2, 0.25) is 10.0 Å². The molecule has 1 aromatic rings. The number of hydrogen-bond donors (Lipinski definition) is 2. The Balaban J connectivity index is 1.97. The standard InChI is InChI=1S/C12H18N2O4S2/c1-8-10(11(15)16)14-9(19-8)6-13-20(17,18)7-12(2)4-3-5-12/h13H,3-7H2,1-2H3,(H,15,16). The number of hydrogen-bond acceptors (Lipinski definition) is 5. The lowest BCUT2D eigenvalue weighted by Crippen LogP contribution is -2.38. The van der Waals surface area contributed by atoms with Crippen LogP contribution in [0.4, 0.5) is 0 Å². The molecule has 1 aliphatic rings. The fourth-order valence-electron chi connectivity index (χ4n) is 2.33. The Morgan fingerprint density at radius 3 is 2.60 bits per heavy atom. The number of sulfonamides is 1. The molecule has 0 amide bonds. The highest BCUT2D eigenvalue weighted by atomic mass is 32.2. The predicted octanol–water partition coefficient (Wildman–Crippen LogP) is 1.76. The fourth-order valence-corrected chi connectivity index (χ4v) is 4.95. The van der Waals surface area contributed by atoms with Crippen LogP contribution < -0.4 is 4.72 Å². The van der Waals surface area contributed by atoms with Crippen molar-refractivity contribution < 1.29 is 18.3 Å². The van der Waals surface area contributed by atoms with Gasteiger partial charge in [0.1, 0.15) is 5.01 Å². The van der Waals surface area contributed by atoms with Crippen molar-refractivity contribution >= 4 is 27.3 Å². The second-order valence-electron chi connectivity index (χ2n) is 5.56. The maximum atomic E-state index is 12.0. The summed E-state index contributed by atoms with van der Waals surface area (Å²) >= 11 is 1.20. The number of aromatic carboxylic acids is 1. The summed E-state index contributed by atoms with van der Waals surface area (Å²) in [7, 11) is -3.35. The van der Waals surface area contributed by atoms with Crippen molar-refractivity contribution in [3.63, 3.8) is 0 Å². The summed E-state index contributed by atoms with van der Waals surface area (Å²) in [5.41, 5.74) is -0.119. The summed E-state index contributed by atoms with van der Waals surface area (Å²) in [4.78, 5) is 15.4. The SMILES string of the molecule is Cc1sc(CNS(=O)(=O)CC2(C)CCC2)nc1C(=O)O. The van der Waals surface area contributed by atoms with Crippen LogP contribution in [0.15, 0.2) is 0 Å². The van der Waals surface area contributed by atoms with E-state index >= 15 is 0 Å². The number of aryl methyl sites for hydroxylation is 1. The smallest absolute Gasteiger partial charge is 0.355 e. The summed E-state index contributed by atoms with van der Waals surface area (Å²) in [5, 5.41) is 9.38. The Morgan fingerprint density at radius 1 is 1.50 bits per heavy atom.